The first-order chi connectivity index (χ1) is 19.5. The van der Waals surface area contributed by atoms with E-state index in [1.807, 2.05) is 0 Å². The number of rotatable bonds is 6. The number of aromatic nitrogens is 1. The average Bonchev–Trinajstić information content (AvgIpc) is 2.94. The zero-order valence-corrected chi connectivity index (χ0v) is 25.5. The molecule has 11 atom stereocenters. The number of benzene rings is 1. The summed E-state index contributed by atoms with van der Waals surface area (Å²) in [4.78, 5) is 17.0. The first-order valence-corrected chi connectivity index (χ1v) is 15.5. The van der Waals surface area contributed by atoms with Crippen LogP contribution in [-0.4, -0.2) is 39.3 Å². The molecule has 1 aromatic heterocycles. The summed E-state index contributed by atoms with van der Waals surface area (Å²) in [7, 11) is 0. The van der Waals surface area contributed by atoms with Crippen molar-refractivity contribution in [2.75, 3.05) is 0 Å². The van der Waals surface area contributed by atoms with Gasteiger partial charge in [-0.15, -0.1) is 0 Å². The van der Waals surface area contributed by atoms with Gasteiger partial charge in [0, 0.05) is 30.0 Å². The molecule has 0 spiro atoms. The van der Waals surface area contributed by atoms with Crippen LogP contribution in [0.3, 0.4) is 0 Å². The van der Waals surface area contributed by atoms with Gasteiger partial charge in [0.25, 0.3) is 0 Å². The number of hydrogen-bond donors (Lipinski definition) is 2. The van der Waals surface area contributed by atoms with Crippen molar-refractivity contribution < 1.29 is 29.2 Å². The van der Waals surface area contributed by atoms with Gasteiger partial charge < -0.3 is 24.4 Å². The lowest BCUT2D eigenvalue weighted by atomic mass is 9.67. The minimum Gasteiger partial charge on any atom is -0.507 e. The molecular weight excluding hydrogens is 518 g/mol. The van der Waals surface area contributed by atoms with Crippen LogP contribution in [-0.2, 0) is 4.74 Å². The van der Waals surface area contributed by atoms with Crippen molar-refractivity contribution >= 4 is 5.78 Å². The highest BCUT2D eigenvalue weighted by Gasteiger charge is 2.46. The van der Waals surface area contributed by atoms with E-state index in [2.05, 4.69) is 53.5 Å². The number of Topliss-reactive ketones (excluding diaryl/α,β-unsaturated/α-hetero) is 1. The third-order valence-corrected chi connectivity index (χ3v) is 11.0. The normalized spacial score (nSPS) is 37.2. The molecule has 2 aliphatic carbocycles. The van der Waals surface area contributed by atoms with Crippen LogP contribution in [0.25, 0.3) is 0 Å². The summed E-state index contributed by atoms with van der Waals surface area (Å²) in [6, 6.07) is 6.43. The van der Waals surface area contributed by atoms with Gasteiger partial charge in [-0.25, -0.2) is 4.98 Å². The van der Waals surface area contributed by atoms with Crippen LogP contribution < -0.4 is 9.47 Å². The van der Waals surface area contributed by atoms with Crippen molar-refractivity contribution in [3.05, 3.63) is 41.6 Å². The standard InChI is InChI=1S/C34H47NO6/c1-8-23-12-31(34(22(7)20(23)5)41-28-11-17(2)18(3)19(4)21(28)6)39-25-13-26(36)33-27(37)15-29(40-30(33)14-25)24-9-10-32(38)35-16-24/h9-10,13-14,16-23,28-29,31,34,36H,8,11-12,15H2,1-7H3,(H,35,38). The van der Waals surface area contributed by atoms with Crippen LogP contribution in [0.15, 0.2) is 30.5 Å². The molecule has 5 rings (SSSR count). The van der Waals surface area contributed by atoms with Gasteiger partial charge in [-0.2, -0.15) is 0 Å². The molecule has 2 N–H and O–H groups in total. The van der Waals surface area contributed by atoms with Gasteiger partial charge in [0.2, 0.25) is 5.88 Å². The van der Waals surface area contributed by atoms with Crippen LogP contribution >= 0.6 is 0 Å². The highest BCUT2D eigenvalue weighted by molar-refractivity contribution is 6.02. The van der Waals surface area contributed by atoms with Crippen LogP contribution in [0.5, 0.6) is 23.1 Å². The highest BCUT2D eigenvalue weighted by atomic mass is 16.6. The Morgan fingerprint density at radius 2 is 1.68 bits per heavy atom. The fourth-order valence-corrected chi connectivity index (χ4v) is 7.52. The summed E-state index contributed by atoms with van der Waals surface area (Å²) in [5.74, 6) is 4.00. The van der Waals surface area contributed by atoms with Gasteiger partial charge in [0.05, 0.1) is 18.6 Å². The maximum absolute atomic E-state index is 13.0. The quantitative estimate of drug-likeness (QED) is 0.378. The molecule has 7 nitrogen and oxygen atoms in total. The fraction of sp³-hybridized carbons (Fsp3) is 0.647. The Hall–Kier alpha value is -2.80. The van der Waals surface area contributed by atoms with Crippen LogP contribution in [0.4, 0.5) is 0 Å². The third kappa shape index (κ3) is 5.79. The molecule has 1 aromatic carbocycles. The Morgan fingerprint density at radius 3 is 2.37 bits per heavy atom. The number of phenolic OH excluding ortho intramolecular Hbond substituents is 1. The van der Waals surface area contributed by atoms with Gasteiger partial charge in [-0.1, -0.05) is 54.9 Å². The van der Waals surface area contributed by atoms with E-state index in [1.54, 1.807) is 12.1 Å². The zero-order chi connectivity index (χ0) is 29.6. The molecule has 11 unspecified atom stereocenters. The SMILES string of the molecule is CCC1CC(Oc2cc(O)c3c(c2)OC(c2ccc(O)nc2)CC3=O)C(OC2CC(C)C(C)C(C)C2C)C(C)C1C. The molecule has 224 valence electrons. The summed E-state index contributed by atoms with van der Waals surface area (Å²) >= 11 is 0. The molecule has 0 bridgehead atoms. The second kappa shape index (κ2) is 11.8. The number of hydrogen-bond acceptors (Lipinski definition) is 7. The van der Waals surface area contributed by atoms with Crippen LogP contribution in [0, 0.1) is 41.4 Å². The number of phenols is 1. The van der Waals surface area contributed by atoms with Crippen molar-refractivity contribution in [2.45, 2.75) is 98.6 Å². The summed E-state index contributed by atoms with van der Waals surface area (Å²) in [5.41, 5.74) is 0.861. The number of pyridine rings is 1. The van der Waals surface area contributed by atoms with Gasteiger partial charge >= 0.3 is 0 Å². The van der Waals surface area contributed by atoms with E-state index in [4.69, 9.17) is 14.2 Å². The van der Waals surface area contributed by atoms with E-state index in [-0.39, 0.29) is 47.7 Å². The van der Waals surface area contributed by atoms with Gasteiger partial charge in [0.15, 0.2) is 5.78 Å². The minimum atomic E-state index is -0.562. The van der Waals surface area contributed by atoms with E-state index < -0.39 is 6.10 Å². The van der Waals surface area contributed by atoms with E-state index in [0.717, 1.165) is 19.3 Å². The third-order valence-electron chi connectivity index (χ3n) is 11.0. The number of fused-ring (bicyclic) bond motifs is 1. The molecule has 0 radical (unpaired) electrons. The lowest BCUT2D eigenvalue weighted by Gasteiger charge is -2.49. The molecule has 2 fully saturated rings. The maximum Gasteiger partial charge on any atom is 0.210 e. The molecule has 2 heterocycles. The van der Waals surface area contributed by atoms with Crippen molar-refractivity contribution in [3.8, 4) is 23.1 Å². The largest absolute Gasteiger partial charge is 0.507 e. The van der Waals surface area contributed by atoms with Crippen LogP contribution in [0.1, 0.15) is 96.2 Å². The fourth-order valence-electron chi connectivity index (χ4n) is 7.52. The average molecular weight is 566 g/mol. The van der Waals surface area contributed by atoms with Gasteiger partial charge in [0.1, 0.15) is 35.0 Å². The maximum atomic E-state index is 13.0. The van der Waals surface area contributed by atoms with Crippen molar-refractivity contribution in [1.82, 2.24) is 4.98 Å². The number of aromatic hydroxyl groups is 2. The molecule has 1 aliphatic heterocycles. The monoisotopic (exact) mass is 565 g/mol. The first kappa shape index (κ1) is 29.7. The molecule has 0 saturated heterocycles. The predicted octanol–water partition coefficient (Wildman–Crippen LogP) is 7.35. The van der Waals surface area contributed by atoms with Gasteiger partial charge in [-0.3, -0.25) is 4.79 Å². The first-order valence-electron chi connectivity index (χ1n) is 15.5. The Morgan fingerprint density at radius 1 is 0.927 bits per heavy atom. The summed E-state index contributed by atoms with van der Waals surface area (Å²) in [5, 5.41) is 20.5. The second-order valence-electron chi connectivity index (χ2n) is 13.2. The molecular formula is C34H47NO6. The lowest BCUT2D eigenvalue weighted by molar-refractivity contribution is -0.167. The Bertz CT molecular complexity index is 1230. The van der Waals surface area contributed by atoms with Gasteiger partial charge in [-0.05, 0) is 60.3 Å². The van der Waals surface area contributed by atoms with Crippen LogP contribution in [0.2, 0.25) is 0 Å². The minimum absolute atomic E-state index is 0.0778. The number of nitrogens with zero attached hydrogens (tertiary/aromatic N) is 1. The number of ether oxygens (including phenoxy) is 3. The molecule has 2 aromatic rings. The van der Waals surface area contributed by atoms with E-state index in [0.29, 0.717) is 58.5 Å². The lowest BCUT2D eigenvalue weighted by Crippen LogP contribution is -2.52. The van der Waals surface area contributed by atoms with Crippen molar-refractivity contribution in [1.29, 1.82) is 0 Å². The topological polar surface area (TPSA) is 98.1 Å². The van der Waals surface area contributed by atoms with E-state index in [9.17, 15) is 15.0 Å². The van der Waals surface area contributed by atoms with Crippen molar-refractivity contribution in [3.63, 3.8) is 0 Å². The molecule has 2 saturated carbocycles. The molecule has 0 amide bonds. The van der Waals surface area contributed by atoms with E-state index in [1.165, 1.54) is 18.3 Å². The smallest absolute Gasteiger partial charge is 0.210 e. The van der Waals surface area contributed by atoms with Crippen molar-refractivity contribution in [2.24, 2.45) is 41.4 Å². The molecule has 3 aliphatic rings. The zero-order valence-electron chi connectivity index (χ0n) is 25.5. The summed E-state index contributed by atoms with van der Waals surface area (Å²) in [6.07, 6.45) is 3.93. The Labute approximate surface area is 244 Å². The number of carbonyl (C=O) groups excluding carboxylic acids is 1. The molecule has 7 heteroatoms. The number of ketones is 1. The summed E-state index contributed by atoms with van der Waals surface area (Å²) < 4.78 is 19.9. The predicted molar refractivity (Wildman–Crippen MR) is 157 cm³/mol. The second-order valence-corrected chi connectivity index (χ2v) is 13.2. The Kier molecular flexibility index (Phi) is 8.56. The number of carbonyl (C=O) groups is 1. The Balaban J connectivity index is 1.41. The highest BCUT2D eigenvalue weighted by Crippen LogP contribution is 2.46. The van der Waals surface area contributed by atoms with E-state index >= 15 is 0 Å². The molecule has 41 heavy (non-hydrogen) atoms. The summed E-state index contributed by atoms with van der Waals surface area (Å²) in [6.45, 7) is 16.3.